The van der Waals surface area contributed by atoms with Gasteiger partial charge < -0.3 is 5.32 Å². The van der Waals surface area contributed by atoms with Gasteiger partial charge in [-0.1, -0.05) is 6.42 Å². The molecule has 0 saturated carbocycles. The Morgan fingerprint density at radius 3 is 2.56 bits per heavy atom. The smallest absolute Gasteiger partial charge is 0.314 e. The van der Waals surface area contributed by atoms with Crippen LogP contribution in [0.25, 0.3) is 0 Å². The molecule has 0 aromatic heterocycles. The van der Waals surface area contributed by atoms with E-state index in [9.17, 15) is 17.6 Å². The molecule has 1 aromatic carbocycles. The van der Waals surface area contributed by atoms with Crippen molar-refractivity contribution in [2.24, 2.45) is 0 Å². The van der Waals surface area contributed by atoms with Gasteiger partial charge in [0.15, 0.2) is 0 Å². The van der Waals surface area contributed by atoms with Gasteiger partial charge in [-0.05, 0) is 49.6 Å². The molecule has 1 nitrogen and oxygen atoms in total. The highest BCUT2D eigenvalue weighted by Gasteiger charge is 2.31. The van der Waals surface area contributed by atoms with Crippen molar-refractivity contribution in [1.29, 1.82) is 0 Å². The first-order valence-corrected chi connectivity index (χ1v) is 6.05. The van der Waals surface area contributed by atoms with Gasteiger partial charge in [-0.25, -0.2) is 4.39 Å². The predicted octanol–water partition coefficient (Wildman–Crippen LogP) is 3.53. The Morgan fingerprint density at radius 1 is 1.17 bits per heavy atom. The molecule has 18 heavy (non-hydrogen) atoms. The molecule has 0 aliphatic carbocycles. The first-order valence-electron chi connectivity index (χ1n) is 6.05. The minimum absolute atomic E-state index is 0.154. The van der Waals surface area contributed by atoms with Gasteiger partial charge in [-0.2, -0.15) is 13.2 Å². The standard InChI is InChI=1S/C13H15F4N/c14-11-6-9(5-10(8-11)13(15,16)17)7-12-3-1-2-4-18-12/h5-6,8,12,18H,1-4,7H2. The zero-order chi connectivity index (χ0) is 13.2. The zero-order valence-electron chi connectivity index (χ0n) is 9.86. The molecule has 0 radical (unpaired) electrons. The zero-order valence-corrected chi connectivity index (χ0v) is 9.86. The minimum atomic E-state index is -4.49. The summed E-state index contributed by atoms with van der Waals surface area (Å²) in [6.45, 7) is 0.881. The number of piperidine rings is 1. The summed E-state index contributed by atoms with van der Waals surface area (Å²) >= 11 is 0. The Balaban J connectivity index is 2.14. The van der Waals surface area contributed by atoms with E-state index in [4.69, 9.17) is 0 Å². The summed E-state index contributed by atoms with van der Waals surface area (Å²) in [4.78, 5) is 0. The molecular formula is C13H15F4N. The number of nitrogens with one attached hydrogen (secondary N) is 1. The number of rotatable bonds is 2. The second-order valence-electron chi connectivity index (χ2n) is 4.70. The van der Waals surface area contributed by atoms with E-state index in [-0.39, 0.29) is 6.04 Å². The maximum Gasteiger partial charge on any atom is 0.416 e. The van der Waals surface area contributed by atoms with E-state index in [1.54, 1.807) is 0 Å². The van der Waals surface area contributed by atoms with Crippen LogP contribution in [-0.4, -0.2) is 12.6 Å². The molecule has 0 amide bonds. The van der Waals surface area contributed by atoms with Gasteiger partial charge >= 0.3 is 6.18 Å². The minimum Gasteiger partial charge on any atom is -0.314 e. The van der Waals surface area contributed by atoms with E-state index in [1.165, 1.54) is 6.07 Å². The lowest BCUT2D eigenvalue weighted by atomic mass is 9.96. The normalized spacial score (nSPS) is 21.0. The van der Waals surface area contributed by atoms with Crippen molar-refractivity contribution in [3.63, 3.8) is 0 Å². The molecule has 2 rings (SSSR count). The molecule has 0 bridgehead atoms. The van der Waals surface area contributed by atoms with E-state index < -0.39 is 17.6 Å². The van der Waals surface area contributed by atoms with Crippen molar-refractivity contribution in [2.45, 2.75) is 37.9 Å². The molecule has 1 fully saturated rings. The average molecular weight is 261 g/mol. The second-order valence-corrected chi connectivity index (χ2v) is 4.70. The lowest BCUT2D eigenvalue weighted by Crippen LogP contribution is -2.35. The molecule has 1 heterocycles. The molecule has 1 N–H and O–H groups in total. The molecule has 1 aromatic rings. The fourth-order valence-corrected chi connectivity index (χ4v) is 2.31. The van der Waals surface area contributed by atoms with Crippen LogP contribution in [-0.2, 0) is 12.6 Å². The van der Waals surface area contributed by atoms with E-state index in [2.05, 4.69) is 5.32 Å². The van der Waals surface area contributed by atoms with Gasteiger partial charge in [0.25, 0.3) is 0 Å². The summed E-state index contributed by atoms with van der Waals surface area (Å²) in [6.07, 6.45) is -0.956. The van der Waals surface area contributed by atoms with Crippen LogP contribution >= 0.6 is 0 Å². The van der Waals surface area contributed by atoms with Crippen LogP contribution < -0.4 is 5.32 Å². The van der Waals surface area contributed by atoms with Crippen molar-refractivity contribution in [1.82, 2.24) is 5.32 Å². The third-order valence-corrected chi connectivity index (χ3v) is 3.18. The first kappa shape index (κ1) is 13.3. The van der Waals surface area contributed by atoms with E-state index in [1.807, 2.05) is 0 Å². The van der Waals surface area contributed by atoms with Gasteiger partial charge in [0.05, 0.1) is 5.56 Å². The summed E-state index contributed by atoms with van der Waals surface area (Å²) in [7, 11) is 0. The number of halogens is 4. The van der Waals surface area contributed by atoms with E-state index >= 15 is 0 Å². The molecule has 1 aliphatic heterocycles. The lowest BCUT2D eigenvalue weighted by molar-refractivity contribution is -0.137. The number of alkyl halides is 3. The Labute approximate surface area is 103 Å². The van der Waals surface area contributed by atoms with Crippen LogP contribution in [0.3, 0.4) is 0 Å². The predicted molar refractivity (Wildman–Crippen MR) is 60.7 cm³/mol. The van der Waals surface area contributed by atoms with E-state index in [0.29, 0.717) is 18.1 Å². The fourth-order valence-electron chi connectivity index (χ4n) is 2.31. The highest BCUT2D eigenvalue weighted by atomic mass is 19.4. The average Bonchev–Trinajstić information content (AvgIpc) is 2.28. The maximum atomic E-state index is 13.2. The first-order chi connectivity index (χ1) is 8.45. The van der Waals surface area contributed by atoms with Crippen LogP contribution in [0.5, 0.6) is 0 Å². The molecule has 0 spiro atoms. The molecule has 1 atom stereocenters. The SMILES string of the molecule is Fc1cc(CC2CCCCN2)cc(C(F)(F)F)c1. The fraction of sp³-hybridized carbons (Fsp3) is 0.538. The maximum absolute atomic E-state index is 13.2. The highest BCUT2D eigenvalue weighted by Crippen LogP contribution is 2.30. The van der Waals surface area contributed by atoms with Crippen LogP contribution in [0.1, 0.15) is 30.4 Å². The second kappa shape index (κ2) is 5.26. The quantitative estimate of drug-likeness (QED) is 0.803. The van der Waals surface area contributed by atoms with E-state index in [0.717, 1.165) is 31.9 Å². The largest absolute Gasteiger partial charge is 0.416 e. The van der Waals surface area contributed by atoms with Crippen LogP contribution in [0.2, 0.25) is 0 Å². The van der Waals surface area contributed by atoms with Crippen LogP contribution in [0.15, 0.2) is 18.2 Å². The summed E-state index contributed by atoms with van der Waals surface area (Å²) in [5, 5.41) is 3.24. The molecule has 1 aliphatic rings. The Bertz CT molecular complexity index is 408. The summed E-state index contributed by atoms with van der Waals surface area (Å²) in [6, 6.07) is 2.92. The van der Waals surface area contributed by atoms with Gasteiger partial charge in [0.1, 0.15) is 5.82 Å². The molecule has 1 unspecified atom stereocenters. The third-order valence-electron chi connectivity index (χ3n) is 3.18. The Morgan fingerprint density at radius 2 is 1.94 bits per heavy atom. The lowest BCUT2D eigenvalue weighted by Gasteiger charge is -2.23. The van der Waals surface area contributed by atoms with Crippen LogP contribution in [0, 0.1) is 5.82 Å². The van der Waals surface area contributed by atoms with Crippen molar-refractivity contribution in [2.75, 3.05) is 6.54 Å². The highest BCUT2D eigenvalue weighted by molar-refractivity contribution is 5.27. The number of hydrogen-bond donors (Lipinski definition) is 1. The number of hydrogen-bond acceptors (Lipinski definition) is 1. The van der Waals surface area contributed by atoms with Crippen molar-refractivity contribution in [3.8, 4) is 0 Å². The summed E-state index contributed by atoms with van der Waals surface area (Å²) in [5.41, 5.74) is -0.505. The van der Waals surface area contributed by atoms with Crippen molar-refractivity contribution < 1.29 is 17.6 Å². The van der Waals surface area contributed by atoms with Gasteiger partial charge in [-0.15, -0.1) is 0 Å². The molecule has 5 heteroatoms. The topological polar surface area (TPSA) is 12.0 Å². The van der Waals surface area contributed by atoms with Crippen LogP contribution in [0.4, 0.5) is 17.6 Å². The summed E-state index contributed by atoms with van der Waals surface area (Å²) in [5.74, 6) is -0.823. The monoisotopic (exact) mass is 261 g/mol. The van der Waals surface area contributed by atoms with Gasteiger partial charge in [-0.3, -0.25) is 0 Å². The molecule has 1 saturated heterocycles. The Kier molecular flexibility index (Phi) is 3.90. The van der Waals surface area contributed by atoms with Gasteiger partial charge in [0.2, 0.25) is 0 Å². The Hall–Kier alpha value is -1.10. The van der Waals surface area contributed by atoms with Gasteiger partial charge in [0, 0.05) is 6.04 Å². The third kappa shape index (κ3) is 3.45. The number of benzene rings is 1. The molecule has 100 valence electrons. The van der Waals surface area contributed by atoms with Crippen molar-refractivity contribution in [3.05, 3.63) is 35.1 Å². The summed E-state index contributed by atoms with van der Waals surface area (Å²) < 4.78 is 50.8. The molecular weight excluding hydrogens is 246 g/mol. The van der Waals surface area contributed by atoms with Crippen molar-refractivity contribution >= 4 is 0 Å².